The standard InChI is InChI=1S/C25H26ClN3O4S/c1-3-33-25(32)22-21(29-19(30)10-7-15-26)20(23(31)27-18-13-11-16(2)12-14-18)24(34-22)28-17-8-5-4-6-9-17/h4-6,8-9,11-14,28H,3,7,10,15H2,1-2H3,(H,27,31)(H,29,30). The predicted molar refractivity (Wildman–Crippen MR) is 138 cm³/mol. The van der Waals surface area contributed by atoms with Crippen LogP contribution < -0.4 is 16.0 Å². The number of thiophene rings is 1. The van der Waals surface area contributed by atoms with Gasteiger partial charge in [-0.25, -0.2) is 4.79 Å². The Morgan fingerprint density at radius 1 is 0.971 bits per heavy atom. The number of anilines is 4. The minimum atomic E-state index is -0.620. The molecule has 2 aromatic carbocycles. The zero-order chi connectivity index (χ0) is 24.5. The number of hydrogen-bond acceptors (Lipinski definition) is 6. The molecule has 9 heteroatoms. The fourth-order valence-electron chi connectivity index (χ4n) is 3.11. The van der Waals surface area contributed by atoms with Crippen LogP contribution in [0.4, 0.5) is 22.1 Å². The van der Waals surface area contributed by atoms with E-state index in [1.54, 1.807) is 19.1 Å². The fourth-order valence-corrected chi connectivity index (χ4v) is 4.31. The normalized spacial score (nSPS) is 10.4. The first kappa shape index (κ1) is 25.3. The lowest BCUT2D eigenvalue weighted by Crippen LogP contribution is -2.19. The van der Waals surface area contributed by atoms with Crippen molar-refractivity contribution in [3.63, 3.8) is 0 Å². The van der Waals surface area contributed by atoms with E-state index < -0.39 is 11.9 Å². The van der Waals surface area contributed by atoms with Gasteiger partial charge in [-0.05, 0) is 44.5 Å². The molecule has 3 N–H and O–H groups in total. The molecule has 0 saturated carbocycles. The summed E-state index contributed by atoms with van der Waals surface area (Å²) < 4.78 is 5.20. The Labute approximate surface area is 207 Å². The van der Waals surface area contributed by atoms with Crippen LogP contribution >= 0.6 is 22.9 Å². The highest BCUT2D eigenvalue weighted by Crippen LogP contribution is 2.40. The molecule has 1 heterocycles. The van der Waals surface area contributed by atoms with Crippen molar-refractivity contribution < 1.29 is 19.1 Å². The molecule has 1 aromatic heterocycles. The van der Waals surface area contributed by atoms with Crippen LogP contribution in [0.1, 0.15) is 45.4 Å². The molecule has 2 amide bonds. The van der Waals surface area contributed by atoms with E-state index in [9.17, 15) is 14.4 Å². The minimum absolute atomic E-state index is 0.117. The van der Waals surface area contributed by atoms with Crippen molar-refractivity contribution in [3.05, 3.63) is 70.6 Å². The van der Waals surface area contributed by atoms with Crippen LogP contribution in [0.15, 0.2) is 54.6 Å². The molecule has 0 spiro atoms. The lowest BCUT2D eigenvalue weighted by molar-refractivity contribution is -0.116. The van der Waals surface area contributed by atoms with Gasteiger partial charge in [0, 0.05) is 23.7 Å². The molecule has 0 unspecified atom stereocenters. The number of nitrogens with one attached hydrogen (secondary N) is 3. The largest absolute Gasteiger partial charge is 0.462 e. The van der Waals surface area contributed by atoms with Gasteiger partial charge in [-0.3, -0.25) is 9.59 Å². The van der Waals surface area contributed by atoms with Crippen molar-refractivity contribution in [1.82, 2.24) is 0 Å². The zero-order valence-electron chi connectivity index (χ0n) is 18.9. The van der Waals surface area contributed by atoms with Crippen LogP contribution in [0.5, 0.6) is 0 Å². The van der Waals surface area contributed by atoms with E-state index in [0.29, 0.717) is 23.0 Å². The SMILES string of the molecule is CCOC(=O)c1sc(Nc2ccccc2)c(C(=O)Nc2ccc(C)cc2)c1NC(=O)CCCCl. The number of para-hydroxylation sites is 1. The zero-order valence-corrected chi connectivity index (χ0v) is 20.5. The van der Waals surface area contributed by atoms with E-state index in [0.717, 1.165) is 22.6 Å². The van der Waals surface area contributed by atoms with Crippen molar-refractivity contribution in [1.29, 1.82) is 0 Å². The Morgan fingerprint density at radius 3 is 2.32 bits per heavy atom. The second-order valence-electron chi connectivity index (χ2n) is 7.38. The van der Waals surface area contributed by atoms with E-state index in [1.165, 1.54) is 0 Å². The van der Waals surface area contributed by atoms with Gasteiger partial charge in [0.15, 0.2) is 0 Å². The lowest BCUT2D eigenvalue weighted by atomic mass is 10.1. The van der Waals surface area contributed by atoms with Crippen LogP contribution in [-0.2, 0) is 9.53 Å². The fraction of sp³-hybridized carbons (Fsp3) is 0.240. The highest BCUT2D eigenvalue weighted by atomic mass is 35.5. The van der Waals surface area contributed by atoms with Gasteiger partial charge in [0.2, 0.25) is 5.91 Å². The molecule has 178 valence electrons. The third kappa shape index (κ3) is 6.59. The molecule has 0 saturated heterocycles. The molecule has 3 rings (SSSR count). The number of aryl methyl sites for hydroxylation is 1. The number of ether oxygens (including phenoxy) is 1. The number of carbonyl (C=O) groups excluding carboxylic acids is 3. The van der Waals surface area contributed by atoms with Gasteiger partial charge >= 0.3 is 5.97 Å². The van der Waals surface area contributed by atoms with Gasteiger partial charge in [-0.15, -0.1) is 22.9 Å². The van der Waals surface area contributed by atoms with E-state index in [2.05, 4.69) is 16.0 Å². The van der Waals surface area contributed by atoms with Crippen LogP contribution in [0.3, 0.4) is 0 Å². The Bertz CT molecular complexity index is 1150. The number of alkyl halides is 1. The molecule has 0 bridgehead atoms. The van der Waals surface area contributed by atoms with Crippen LogP contribution in [0.2, 0.25) is 0 Å². The molecule has 0 atom stereocenters. The number of hydrogen-bond donors (Lipinski definition) is 3. The molecule has 0 aliphatic heterocycles. The van der Waals surface area contributed by atoms with Crippen molar-refractivity contribution in [3.8, 4) is 0 Å². The molecular formula is C25H26ClN3O4S. The van der Waals surface area contributed by atoms with E-state index in [-0.39, 0.29) is 35.1 Å². The summed E-state index contributed by atoms with van der Waals surface area (Å²) in [5.41, 5.74) is 2.63. The molecule has 0 aliphatic rings. The highest BCUT2D eigenvalue weighted by Gasteiger charge is 2.29. The molecule has 0 fully saturated rings. The first-order valence-corrected chi connectivity index (χ1v) is 12.2. The summed E-state index contributed by atoms with van der Waals surface area (Å²) in [6.07, 6.45) is 0.619. The van der Waals surface area contributed by atoms with Crippen LogP contribution in [0.25, 0.3) is 0 Å². The first-order valence-electron chi connectivity index (χ1n) is 10.8. The number of carbonyl (C=O) groups is 3. The Kier molecular flexibility index (Phi) is 9.07. The number of esters is 1. The predicted octanol–water partition coefficient (Wildman–Crippen LogP) is 6.19. The van der Waals surface area contributed by atoms with Crippen molar-refractivity contribution in [2.45, 2.75) is 26.7 Å². The highest BCUT2D eigenvalue weighted by molar-refractivity contribution is 7.19. The quantitative estimate of drug-likeness (QED) is 0.228. The lowest BCUT2D eigenvalue weighted by Gasteiger charge is -2.12. The summed E-state index contributed by atoms with van der Waals surface area (Å²) >= 11 is 6.77. The molecule has 34 heavy (non-hydrogen) atoms. The molecule has 3 aromatic rings. The van der Waals surface area contributed by atoms with Gasteiger partial charge < -0.3 is 20.7 Å². The third-order valence-electron chi connectivity index (χ3n) is 4.74. The van der Waals surface area contributed by atoms with Gasteiger partial charge in [-0.2, -0.15) is 0 Å². The van der Waals surface area contributed by atoms with E-state index >= 15 is 0 Å². The van der Waals surface area contributed by atoms with E-state index in [1.807, 2.05) is 49.4 Å². The smallest absolute Gasteiger partial charge is 0.350 e. The topological polar surface area (TPSA) is 96.5 Å². The van der Waals surface area contributed by atoms with Gasteiger partial charge in [0.25, 0.3) is 5.91 Å². The van der Waals surface area contributed by atoms with Crippen LogP contribution in [0, 0.1) is 6.92 Å². The van der Waals surface area contributed by atoms with E-state index in [4.69, 9.17) is 16.3 Å². The molecule has 0 aliphatic carbocycles. The maximum absolute atomic E-state index is 13.5. The molecular weight excluding hydrogens is 474 g/mol. The Hall–Kier alpha value is -3.36. The maximum atomic E-state index is 13.5. The number of halogens is 1. The summed E-state index contributed by atoms with van der Waals surface area (Å²) in [6, 6.07) is 16.6. The third-order valence-corrected chi connectivity index (χ3v) is 6.09. The summed E-state index contributed by atoms with van der Waals surface area (Å²) in [7, 11) is 0. The summed E-state index contributed by atoms with van der Waals surface area (Å²) in [5.74, 6) is -1.12. The average molecular weight is 500 g/mol. The monoisotopic (exact) mass is 499 g/mol. The second-order valence-corrected chi connectivity index (χ2v) is 8.78. The maximum Gasteiger partial charge on any atom is 0.350 e. The van der Waals surface area contributed by atoms with Crippen molar-refractivity contribution in [2.24, 2.45) is 0 Å². The number of benzene rings is 2. The first-order chi connectivity index (χ1) is 16.4. The minimum Gasteiger partial charge on any atom is -0.462 e. The van der Waals surface area contributed by atoms with Gasteiger partial charge in [0.05, 0.1) is 17.9 Å². The molecule has 0 radical (unpaired) electrons. The van der Waals surface area contributed by atoms with Gasteiger partial charge in [0.1, 0.15) is 9.88 Å². The van der Waals surface area contributed by atoms with Gasteiger partial charge in [-0.1, -0.05) is 35.9 Å². The summed E-state index contributed by atoms with van der Waals surface area (Å²) in [4.78, 5) is 38.9. The Morgan fingerprint density at radius 2 is 1.68 bits per heavy atom. The summed E-state index contributed by atoms with van der Waals surface area (Å²) in [5, 5.41) is 9.21. The van der Waals surface area contributed by atoms with Crippen LogP contribution in [-0.4, -0.2) is 30.3 Å². The summed E-state index contributed by atoms with van der Waals surface area (Å²) in [6.45, 7) is 3.80. The second kappa shape index (κ2) is 12.2. The average Bonchev–Trinajstić information content (AvgIpc) is 3.17. The number of rotatable bonds is 10. The molecule has 7 nitrogen and oxygen atoms in total. The van der Waals surface area contributed by atoms with Crippen molar-refractivity contribution in [2.75, 3.05) is 28.4 Å². The van der Waals surface area contributed by atoms with Crippen molar-refractivity contribution >= 4 is 62.8 Å². The number of amides is 2. The Balaban J connectivity index is 2.07.